The average molecular weight is 396 g/mol. The summed E-state index contributed by atoms with van der Waals surface area (Å²) in [4.78, 5) is 6.78. The van der Waals surface area contributed by atoms with Crippen LogP contribution in [0, 0.1) is 18.3 Å². The maximum absolute atomic E-state index is 9.78. The number of hydrazone groups is 1. The summed E-state index contributed by atoms with van der Waals surface area (Å²) in [6.45, 7) is 4.06. The normalized spacial score (nSPS) is 11.3. The van der Waals surface area contributed by atoms with Crippen LogP contribution in [0.15, 0.2) is 53.6 Å². The largest absolute Gasteiger partial charge is 0.378 e. The van der Waals surface area contributed by atoms with Gasteiger partial charge in [-0.05, 0) is 54.3 Å². The number of anilines is 2. The zero-order chi connectivity index (χ0) is 21.3. The molecule has 30 heavy (non-hydrogen) atoms. The molecule has 0 saturated carbocycles. The number of imidazole rings is 1. The zero-order valence-corrected chi connectivity index (χ0v) is 17.6. The summed E-state index contributed by atoms with van der Waals surface area (Å²) in [5.41, 5.74) is 10.4. The van der Waals surface area contributed by atoms with Crippen molar-refractivity contribution in [2.75, 3.05) is 24.4 Å². The number of nitrogens with zero attached hydrogens (tertiary/aromatic N) is 5. The molecule has 1 N–H and O–H groups in total. The van der Waals surface area contributed by atoms with Gasteiger partial charge in [0.15, 0.2) is 5.65 Å². The Morgan fingerprint density at radius 1 is 1.17 bits per heavy atom. The molecule has 6 nitrogen and oxygen atoms in total. The van der Waals surface area contributed by atoms with Gasteiger partial charge in [-0.3, -0.25) is 9.83 Å². The molecule has 0 fully saturated rings. The molecule has 0 spiro atoms. The highest BCUT2D eigenvalue weighted by Crippen LogP contribution is 2.31. The van der Waals surface area contributed by atoms with E-state index in [1.807, 2.05) is 61.8 Å². The van der Waals surface area contributed by atoms with Crippen molar-refractivity contribution < 1.29 is 0 Å². The third kappa shape index (κ3) is 3.25. The molecule has 6 heteroatoms. The van der Waals surface area contributed by atoms with E-state index in [1.165, 1.54) is 0 Å². The molecule has 0 bridgehead atoms. The van der Waals surface area contributed by atoms with Crippen molar-refractivity contribution >= 4 is 34.4 Å². The van der Waals surface area contributed by atoms with Gasteiger partial charge >= 0.3 is 0 Å². The molecule has 2 heterocycles. The van der Waals surface area contributed by atoms with E-state index in [-0.39, 0.29) is 0 Å². The topological polar surface area (TPSA) is 68.7 Å². The Kier molecular flexibility index (Phi) is 5.11. The van der Waals surface area contributed by atoms with Gasteiger partial charge in [-0.15, -0.1) is 0 Å². The number of fused-ring (bicyclic) bond motifs is 3. The van der Waals surface area contributed by atoms with E-state index in [1.54, 1.807) is 6.21 Å². The van der Waals surface area contributed by atoms with Crippen LogP contribution in [0.3, 0.4) is 0 Å². The molecule has 0 amide bonds. The van der Waals surface area contributed by atoms with E-state index >= 15 is 0 Å². The van der Waals surface area contributed by atoms with Crippen LogP contribution in [0.5, 0.6) is 0 Å². The number of hydrogen-bond acceptors (Lipinski definition) is 5. The maximum atomic E-state index is 9.78. The Morgan fingerprint density at radius 2 is 1.90 bits per heavy atom. The molecule has 4 rings (SSSR count). The van der Waals surface area contributed by atoms with Crippen molar-refractivity contribution in [1.82, 2.24) is 9.38 Å². The summed E-state index contributed by atoms with van der Waals surface area (Å²) in [6, 6.07) is 18.4. The fourth-order valence-electron chi connectivity index (χ4n) is 3.76. The molecular weight excluding hydrogens is 372 g/mol. The van der Waals surface area contributed by atoms with Gasteiger partial charge in [-0.2, -0.15) is 10.4 Å². The van der Waals surface area contributed by atoms with Crippen LogP contribution in [0.2, 0.25) is 0 Å². The Bertz CT molecular complexity index is 1290. The minimum absolute atomic E-state index is 0.608. The predicted molar refractivity (Wildman–Crippen MR) is 124 cm³/mol. The molecule has 150 valence electrons. The van der Waals surface area contributed by atoms with Crippen molar-refractivity contribution in [2.45, 2.75) is 20.3 Å². The van der Waals surface area contributed by atoms with E-state index in [4.69, 9.17) is 4.98 Å². The monoisotopic (exact) mass is 396 g/mol. The van der Waals surface area contributed by atoms with Gasteiger partial charge in [0, 0.05) is 19.8 Å². The quantitative estimate of drug-likeness (QED) is 0.391. The first kappa shape index (κ1) is 19.5. The van der Waals surface area contributed by atoms with Gasteiger partial charge in [0.25, 0.3) is 0 Å². The lowest BCUT2D eigenvalue weighted by Crippen LogP contribution is -2.08. The third-order valence-electron chi connectivity index (χ3n) is 5.38. The van der Waals surface area contributed by atoms with E-state index in [0.29, 0.717) is 11.2 Å². The molecule has 2 aromatic carbocycles. The first-order chi connectivity index (χ1) is 14.5. The molecule has 0 aliphatic carbocycles. The van der Waals surface area contributed by atoms with Crippen LogP contribution >= 0.6 is 0 Å². The number of hydrogen-bond donors (Lipinski definition) is 1. The third-order valence-corrected chi connectivity index (χ3v) is 5.38. The highest BCUT2D eigenvalue weighted by molar-refractivity contribution is 5.87. The summed E-state index contributed by atoms with van der Waals surface area (Å²) >= 11 is 0. The molecule has 2 aromatic heterocycles. The molecule has 0 radical (unpaired) electrons. The Balaban J connectivity index is 1.82. The fraction of sp³-hybridized carbons (Fsp3) is 0.208. The molecule has 0 saturated heterocycles. The van der Waals surface area contributed by atoms with Gasteiger partial charge in [-0.25, -0.2) is 4.98 Å². The summed E-state index contributed by atoms with van der Waals surface area (Å²) in [6.07, 6.45) is 2.58. The number of para-hydroxylation sites is 2. The van der Waals surface area contributed by atoms with E-state index < -0.39 is 0 Å². The van der Waals surface area contributed by atoms with Crippen LogP contribution in [-0.4, -0.2) is 29.7 Å². The summed E-state index contributed by atoms with van der Waals surface area (Å²) in [5, 5.41) is 14.3. The Morgan fingerprint density at radius 3 is 2.57 bits per heavy atom. The molecular formula is C24H24N6. The van der Waals surface area contributed by atoms with Crippen LogP contribution in [0.1, 0.15) is 29.2 Å². The average Bonchev–Trinajstić information content (AvgIpc) is 3.13. The Labute approximate surface area is 176 Å². The van der Waals surface area contributed by atoms with Crippen molar-refractivity contribution in [3.8, 4) is 6.07 Å². The van der Waals surface area contributed by atoms with Crippen molar-refractivity contribution in [3.63, 3.8) is 0 Å². The van der Waals surface area contributed by atoms with Crippen LogP contribution < -0.4 is 10.3 Å². The molecule has 0 aliphatic heterocycles. The highest BCUT2D eigenvalue weighted by Gasteiger charge is 2.19. The van der Waals surface area contributed by atoms with Crippen molar-refractivity contribution in [1.29, 1.82) is 5.26 Å². The molecule has 4 aromatic rings. The minimum atomic E-state index is 0.608. The number of rotatable bonds is 5. The zero-order valence-electron chi connectivity index (χ0n) is 17.6. The van der Waals surface area contributed by atoms with Crippen LogP contribution in [0.4, 0.5) is 11.5 Å². The minimum Gasteiger partial charge on any atom is -0.378 e. The van der Waals surface area contributed by atoms with Crippen molar-refractivity contribution in [3.05, 3.63) is 70.8 Å². The number of benzene rings is 2. The van der Waals surface area contributed by atoms with Gasteiger partial charge in [-0.1, -0.05) is 31.2 Å². The first-order valence-electron chi connectivity index (χ1n) is 9.94. The summed E-state index contributed by atoms with van der Waals surface area (Å²) < 4.78 is 2.01. The summed E-state index contributed by atoms with van der Waals surface area (Å²) in [7, 11) is 4.04. The maximum Gasteiger partial charge on any atom is 0.157 e. The lowest BCUT2D eigenvalue weighted by Gasteiger charge is -2.15. The number of nitriles is 1. The van der Waals surface area contributed by atoms with Gasteiger partial charge < -0.3 is 4.90 Å². The second kappa shape index (κ2) is 7.88. The predicted octanol–water partition coefficient (Wildman–Crippen LogP) is 4.74. The number of nitrogens with one attached hydrogen (secondary N) is 1. The van der Waals surface area contributed by atoms with E-state index in [2.05, 4.69) is 40.6 Å². The smallest absolute Gasteiger partial charge is 0.157 e. The van der Waals surface area contributed by atoms with Gasteiger partial charge in [0.2, 0.25) is 0 Å². The molecule has 0 aliphatic rings. The summed E-state index contributed by atoms with van der Waals surface area (Å²) in [5.74, 6) is 0.846. The van der Waals surface area contributed by atoms with Gasteiger partial charge in [0.05, 0.1) is 22.8 Å². The molecule has 0 unspecified atom stereocenters. The van der Waals surface area contributed by atoms with Crippen LogP contribution in [-0.2, 0) is 6.42 Å². The Hall–Kier alpha value is -3.85. The standard InChI is InChI=1S/C24H24N6/c1-5-19-16(2)20(14-25)23-27-21-8-6-7-9-22(21)30(23)24(19)28-26-15-17-10-12-18(13-11-17)29(3)4/h6-13,15,28H,5H2,1-4H3. The van der Waals surface area contributed by atoms with Crippen LogP contribution in [0.25, 0.3) is 16.7 Å². The number of aromatic nitrogens is 2. The SMILES string of the molecule is CCc1c(C)c(C#N)c2nc3ccccc3n2c1NN=Cc1ccc(N(C)C)cc1. The fourth-order valence-corrected chi connectivity index (χ4v) is 3.76. The second-order valence-corrected chi connectivity index (χ2v) is 7.41. The van der Waals surface area contributed by atoms with Gasteiger partial charge in [0.1, 0.15) is 11.9 Å². The van der Waals surface area contributed by atoms with E-state index in [9.17, 15) is 5.26 Å². The lowest BCUT2D eigenvalue weighted by molar-refractivity contribution is 1.04. The first-order valence-corrected chi connectivity index (χ1v) is 9.94. The van der Waals surface area contributed by atoms with Crippen molar-refractivity contribution in [2.24, 2.45) is 5.10 Å². The highest BCUT2D eigenvalue weighted by atomic mass is 15.3. The number of pyridine rings is 1. The van der Waals surface area contributed by atoms with E-state index in [0.717, 1.165) is 45.6 Å². The second-order valence-electron chi connectivity index (χ2n) is 7.41. The molecule has 0 atom stereocenters. The lowest BCUT2D eigenvalue weighted by atomic mass is 10.0.